The molecule has 2 aliphatic heterocycles. The Kier molecular flexibility index (Phi) is 5.88. The van der Waals surface area contributed by atoms with E-state index in [0.29, 0.717) is 23.5 Å². The van der Waals surface area contributed by atoms with Crippen molar-refractivity contribution in [2.45, 2.75) is 69.3 Å². The normalized spacial score (nSPS) is 25.0. The predicted octanol–water partition coefficient (Wildman–Crippen LogP) is 1.74. The average Bonchev–Trinajstić information content (AvgIpc) is 3.25. The molecule has 2 unspecified atom stereocenters. The fourth-order valence-corrected chi connectivity index (χ4v) is 4.13. The van der Waals surface area contributed by atoms with E-state index in [1.54, 1.807) is 4.68 Å². The molecule has 2 fully saturated rings. The molecule has 2 aliphatic rings. The number of hydrogen-bond acceptors (Lipinski definition) is 6. The molecular weight excluding hydrogens is 314 g/mol. The molecule has 0 aromatic carbocycles. The van der Waals surface area contributed by atoms with Gasteiger partial charge in [-0.1, -0.05) is 18.7 Å². The van der Waals surface area contributed by atoms with Gasteiger partial charge in [0, 0.05) is 19.2 Å². The van der Waals surface area contributed by atoms with Gasteiger partial charge in [0.2, 0.25) is 11.1 Å². The number of carbonyl (C=O) groups excluding carboxylic acids is 1. The van der Waals surface area contributed by atoms with Crippen molar-refractivity contribution in [1.82, 2.24) is 25.1 Å². The van der Waals surface area contributed by atoms with Crippen molar-refractivity contribution >= 4 is 17.7 Å². The molecule has 1 amide bonds. The molecule has 7 nitrogen and oxygen atoms in total. The van der Waals surface area contributed by atoms with Crippen LogP contribution in [-0.4, -0.2) is 62.1 Å². The molecule has 0 bridgehead atoms. The zero-order chi connectivity index (χ0) is 16.1. The summed E-state index contributed by atoms with van der Waals surface area (Å²) in [5.74, 6) is 0.607. The number of thioether (sulfide) groups is 1. The lowest BCUT2D eigenvalue weighted by Gasteiger charge is -2.35. The molecule has 2 saturated heterocycles. The third-order valence-corrected chi connectivity index (χ3v) is 5.58. The van der Waals surface area contributed by atoms with Crippen LogP contribution in [0.4, 0.5) is 0 Å². The van der Waals surface area contributed by atoms with Gasteiger partial charge in [-0.05, 0) is 49.0 Å². The highest BCUT2D eigenvalue weighted by Crippen LogP contribution is 2.23. The first-order valence-corrected chi connectivity index (χ1v) is 9.56. The van der Waals surface area contributed by atoms with Crippen molar-refractivity contribution in [2.24, 2.45) is 0 Å². The number of amides is 1. The molecule has 3 heterocycles. The maximum absolute atomic E-state index is 12.5. The van der Waals surface area contributed by atoms with Gasteiger partial charge in [-0.15, -0.1) is 5.10 Å². The summed E-state index contributed by atoms with van der Waals surface area (Å²) in [6, 6.07) is 0.403. The van der Waals surface area contributed by atoms with Gasteiger partial charge in [0.25, 0.3) is 0 Å². The molecule has 0 saturated carbocycles. The van der Waals surface area contributed by atoms with Crippen LogP contribution < -0.4 is 0 Å². The summed E-state index contributed by atoms with van der Waals surface area (Å²) in [5, 5.41) is 12.5. The van der Waals surface area contributed by atoms with Crippen LogP contribution >= 0.6 is 11.8 Å². The van der Waals surface area contributed by atoms with E-state index in [1.807, 2.05) is 4.90 Å². The second-order valence-corrected chi connectivity index (χ2v) is 7.15. The Balaban J connectivity index is 1.53. The Bertz CT molecular complexity index is 518. The number of nitrogens with zero attached hydrogens (tertiary/aromatic N) is 5. The van der Waals surface area contributed by atoms with Crippen molar-refractivity contribution in [3.05, 3.63) is 0 Å². The minimum absolute atomic E-state index is 0.195. The first-order chi connectivity index (χ1) is 11.3. The van der Waals surface area contributed by atoms with Crippen LogP contribution in [0.3, 0.4) is 0 Å². The number of rotatable bonds is 6. The van der Waals surface area contributed by atoms with Crippen LogP contribution in [0.2, 0.25) is 0 Å². The lowest BCUT2D eigenvalue weighted by molar-refractivity contribution is -0.132. The second-order valence-electron chi connectivity index (χ2n) is 6.21. The van der Waals surface area contributed by atoms with Gasteiger partial charge in [0.1, 0.15) is 0 Å². The van der Waals surface area contributed by atoms with E-state index >= 15 is 0 Å². The van der Waals surface area contributed by atoms with Crippen molar-refractivity contribution < 1.29 is 9.53 Å². The summed E-state index contributed by atoms with van der Waals surface area (Å²) in [5.41, 5.74) is 0. The van der Waals surface area contributed by atoms with Crippen LogP contribution in [0.15, 0.2) is 5.16 Å². The Labute approximate surface area is 141 Å². The van der Waals surface area contributed by atoms with Gasteiger partial charge < -0.3 is 9.64 Å². The number of piperidine rings is 1. The van der Waals surface area contributed by atoms with E-state index in [-0.39, 0.29) is 12.0 Å². The number of aromatic nitrogens is 4. The third kappa shape index (κ3) is 4.23. The van der Waals surface area contributed by atoms with Crippen LogP contribution in [-0.2, 0) is 16.1 Å². The fourth-order valence-electron chi connectivity index (χ4n) is 3.36. The molecular formula is C15H25N5O2S. The zero-order valence-corrected chi connectivity index (χ0v) is 14.5. The van der Waals surface area contributed by atoms with E-state index in [1.165, 1.54) is 18.2 Å². The van der Waals surface area contributed by atoms with Crippen LogP contribution in [0.1, 0.15) is 45.4 Å². The lowest BCUT2D eigenvalue weighted by atomic mass is 10.0. The largest absolute Gasteiger partial charge is 0.376 e. The molecule has 2 atom stereocenters. The van der Waals surface area contributed by atoms with E-state index in [4.69, 9.17) is 4.74 Å². The summed E-state index contributed by atoms with van der Waals surface area (Å²) >= 11 is 1.43. The maximum Gasteiger partial charge on any atom is 0.233 e. The molecule has 0 spiro atoms. The molecule has 3 rings (SSSR count). The first-order valence-electron chi connectivity index (χ1n) is 8.58. The highest BCUT2D eigenvalue weighted by molar-refractivity contribution is 7.99. The van der Waals surface area contributed by atoms with Crippen LogP contribution in [0.25, 0.3) is 0 Å². The number of carbonyl (C=O) groups is 1. The molecule has 0 aliphatic carbocycles. The van der Waals surface area contributed by atoms with Crippen molar-refractivity contribution in [1.29, 1.82) is 0 Å². The Morgan fingerprint density at radius 1 is 1.35 bits per heavy atom. The quantitative estimate of drug-likeness (QED) is 0.735. The standard InChI is InChI=1S/C15H25N5O2S/c1-2-12-6-3-4-8-19(12)14(21)11-23-15-16-17-18-20(15)10-13-7-5-9-22-13/h12-13H,2-11H2,1H3. The van der Waals surface area contributed by atoms with E-state index in [9.17, 15) is 4.79 Å². The Morgan fingerprint density at radius 2 is 2.26 bits per heavy atom. The average molecular weight is 339 g/mol. The van der Waals surface area contributed by atoms with Crippen LogP contribution in [0.5, 0.6) is 0 Å². The number of likely N-dealkylation sites (tertiary alicyclic amines) is 1. The van der Waals surface area contributed by atoms with Gasteiger partial charge in [-0.3, -0.25) is 4.79 Å². The SMILES string of the molecule is CCC1CCCCN1C(=O)CSc1nnnn1CC1CCCO1. The summed E-state index contributed by atoms with van der Waals surface area (Å²) in [6.07, 6.45) is 6.85. The third-order valence-electron chi connectivity index (χ3n) is 4.64. The number of ether oxygens (including phenoxy) is 1. The van der Waals surface area contributed by atoms with Gasteiger partial charge in [0.05, 0.1) is 18.4 Å². The molecule has 128 valence electrons. The van der Waals surface area contributed by atoms with Gasteiger partial charge in [-0.2, -0.15) is 0 Å². The van der Waals surface area contributed by atoms with Crippen molar-refractivity contribution in [3.8, 4) is 0 Å². The van der Waals surface area contributed by atoms with Crippen LogP contribution in [0, 0.1) is 0 Å². The van der Waals surface area contributed by atoms with E-state index < -0.39 is 0 Å². The van der Waals surface area contributed by atoms with Gasteiger partial charge in [-0.25, -0.2) is 4.68 Å². The maximum atomic E-state index is 12.5. The molecule has 8 heteroatoms. The fraction of sp³-hybridized carbons (Fsp3) is 0.867. The minimum Gasteiger partial charge on any atom is -0.376 e. The summed E-state index contributed by atoms with van der Waals surface area (Å²) in [6.45, 7) is 4.54. The molecule has 1 aromatic heterocycles. The van der Waals surface area contributed by atoms with E-state index in [0.717, 1.165) is 45.3 Å². The van der Waals surface area contributed by atoms with Gasteiger partial charge in [0.15, 0.2) is 0 Å². The highest BCUT2D eigenvalue weighted by Gasteiger charge is 2.26. The smallest absolute Gasteiger partial charge is 0.233 e. The van der Waals surface area contributed by atoms with Crippen molar-refractivity contribution in [2.75, 3.05) is 18.9 Å². The molecule has 1 aromatic rings. The van der Waals surface area contributed by atoms with E-state index in [2.05, 4.69) is 22.4 Å². The zero-order valence-electron chi connectivity index (χ0n) is 13.7. The summed E-state index contributed by atoms with van der Waals surface area (Å²) in [7, 11) is 0. The highest BCUT2D eigenvalue weighted by atomic mass is 32.2. The topological polar surface area (TPSA) is 73.1 Å². The lowest BCUT2D eigenvalue weighted by Crippen LogP contribution is -2.44. The number of tetrazole rings is 1. The summed E-state index contributed by atoms with van der Waals surface area (Å²) < 4.78 is 7.40. The Morgan fingerprint density at radius 3 is 3.04 bits per heavy atom. The Hall–Kier alpha value is -1.15. The van der Waals surface area contributed by atoms with Gasteiger partial charge >= 0.3 is 0 Å². The minimum atomic E-state index is 0.195. The molecule has 0 N–H and O–H groups in total. The monoisotopic (exact) mass is 339 g/mol. The predicted molar refractivity (Wildman–Crippen MR) is 87.2 cm³/mol. The number of hydrogen-bond donors (Lipinski definition) is 0. The van der Waals surface area contributed by atoms with Crippen molar-refractivity contribution in [3.63, 3.8) is 0 Å². The second kappa shape index (κ2) is 8.10. The molecule has 23 heavy (non-hydrogen) atoms. The summed E-state index contributed by atoms with van der Waals surface area (Å²) in [4.78, 5) is 14.6. The first kappa shape index (κ1) is 16.7. The molecule has 0 radical (unpaired) electrons.